The van der Waals surface area contributed by atoms with Crippen molar-refractivity contribution in [2.45, 2.75) is 25.7 Å². The Balaban J connectivity index is 2.14. The SMILES string of the molecule is Cc1cc(F)ccc1-c1nc(Cl)c(Br)c(C2CC2)n1. The largest absolute Gasteiger partial charge is 0.231 e. The topological polar surface area (TPSA) is 25.8 Å². The van der Waals surface area contributed by atoms with Crippen LogP contribution < -0.4 is 0 Å². The maximum Gasteiger partial charge on any atom is 0.161 e. The van der Waals surface area contributed by atoms with Crippen molar-refractivity contribution in [2.75, 3.05) is 0 Å². The van der Waals surface area contributed by atoms with Crippen LogP contribution in [0, 0.1) is 12.7 Å². The molecule has 3 rings (SSSR count). The highest BCUT2D eigenvalue weighted by atomic mass is 79.9. The zero-order valence-corrected chi connectivity index (χ0v) is 12.6. The third-order valence-electron chi connectivity index (χ3n) is 3.23. The Morgan fingerprint density at radius 1 is 1.32 bits per heavy atom. The van der Waals surface area contributed by atoms with Crippen LogP contribution in [0.1, 0.15) is 30.0 Å². The van der Waals surface area contributed by atoms with Crippen LogP contribution in [0.3, 0.4) is 0 Å². The number of benzene rings is 1. The van der Waals surface area contributed by atoms with E-state index in [2.05, 4.69) is 25.9 Å². The summed E-state index contributed by atoms with van der Waals surface area (Å²) in [7, 11) is 0. The standard InChI is InChI=1S/C14H11BrClFN2/c1-7-6-9(17)4-5-10(7)14-18-12(8-2-3-8)11(15)13(16)19-14/h4-6,8H,2-3H2,1H3. The summed E-state index contributed by atoms with van der Waals surface area (Å²) >= 11 is 9.59. The molecule has 98 valence electrons. The summed E-state index contributed by atoms with van der Waals surface area (Å²) in [5, 5.41) is 0.413. The second-order valence-corrected chi connectivity index (χ2v) is 5.92. The zero-order valence-electron chi connectivity index (χ0n) is 10.3. The van der Waals surface area contributed by atoms with Crippen molar-refractivity contribution in [3.05, 3.63) is 44.9 Å². The fourth-order valence-electron chi connectivity index (χ4n) is 2.06. The molecule has 19 heavy (non-hydrogen) atoms. The van der Waals surface area contributed by atoms with E-state index in [1.165, 1.54) is 12.1 Å². The van der Waals surface area contributed by atoms with Crippen LogP contribution in [0.25, 0.3) is 11.4 Å². The van der Waals surface area contributed by atoms with Gasteiger partial charge in [0.15, 0.2) is 5.82 Å². The minimum atomic E-state index is -0.258. The molecule has 1 aliphatic carbocycles. The van der Waals surface area contributed by atoms with Gasteiger partial charge in [0.05, 0.1) is 10.2 Å². The normalized spacial score (nSPS) is 14.7. The van der Waals surface area contributed by atoms with Gasteiger partial charge in [0.1, 0.15) is 11.0 Å². The van der Waals surface area contributed by atoms with Crippen molar-refractivity contribution in [2.24, 2.45) is 0 Å². The number of hydrogen-bond acceptors (Lipinski definition) is 2. The Morgan fingerprint density at radius 2 is 2.05 bits per heavy atom. The van der Waals surface area contributed by atoms with Gasteiger partial charge in [-0.15, -0.1) is 0 Å². The molecule has 1 heterocycles. The molecule has 2 nitrogen and oxygen atoms in total. The van der Waals surface area contributed by atoms with Gasteiger partial charge in [0, 0.05) is 11.5 Å². The van der Waals surface area contributed by atoms with Crippen LogP contribution in [-0.2, 0) is 0 Å². The average Bonchev–Trinajstić information content (AvgIpc) is 3.17. The van der Waals surface area contributed by atoms with Gasteiger partial charge < -0.3 is 0 Å². The molecule has 1 saturated carbocycles. The first-order valence-electron chi connectivity index (χ1n) is 6.05. The lowest BCUT2D eigenvalue weighted by atomic mass is 10.1. The summed E-state index contributed by atoms with van der Waals surface area (Å²) in [4.78, 5) is 8.88. The molecule has 1 fully saturated rings. The molecule has 0 atom stereocenters. The predicted molar refractivity (Wildman–Crippen MR) is 76.8 cm³/mol. The van der Waals surface area contributed by atoms with Crippen molar-refractivity contribution in [1.82, 2.24) is 9.97 Å². The lowest BCUT2D eigenvalue weighted by Crippen LogP contribution is -1.99. The lowest BCUT2D eigenvalue weighted by Gasteiger charge is -2.09. The number of halogens is 3. The van der Waals surface area contributed by atoms with Crippen LogP contribution in [0.4, 0.5) is 4.39 Å². The van der Waals surface area contributed by atoms with Crippen molar-refractivity contribution in [3.8, 4) is 11.4 Å². The maximum atomic E-state index is 13.1. The second-order valence-electron chi connectivity index (χ2n) is 4.77. The van der Waals surface area contributed by atoms with E-state index < -0.39 is 0 Å². The van der Waals surface area contributed by atoms with E-state index in [1.54, 1.807) is 6.07 Å². The monoisotopic (exact) mass is 340 g/mol. The van der Waals surface area contributed by atoms with Gasteiger partial charge in [-0.1, -0.05) is 11.6 Å². The Kier molecular flexibility index (Phi) is 3.31. The highest BCUT2D eigenvalue weighted by molar-refractivity contribution is 9.10. The summed E-state index contributed by atoms with van der Waals surface area (Å²) in [6.07, 6.45) is 2.27. The van der Waals surface area contributed by atoms with E-state index in [0.717, 1.165) is 34.1 Å². The Bertz CT molecular complexity index is 656. The number of rotatable bonds is 2. The number of hydrogen-bond donors (Lipinski definition) is 0. The predicted octanol–water partition coefficient (Wildman–Crippen LogP) is 4.88. The van der Waals surface area contributed by atoms with E-state index in [0.29, 0.717) is 16.9 Å². The van der Waals surface area contributed by atoms with E-state index in [9.17, 15) is 4.39 Å². The van der Waals surface area contributed by atoms with Gasteiger partial charge in [-0.25, -0.2) is 14.4 Å². The molecule has 0 saturated heterocycles. The summed E-state index contributed by atoms with van der Waals surface area (Å²) in [5.74, 6) is 0.772. The van der Waals surface area contributed by atoms with Gasteiger partial charge >= 0.3 is 0 Å². The zero-order chi connectivity index (χ0) is 13.6. The van der Waals surface area contributed by atoms with Gasteiger partial charge in [0.25, 0.3) is 0 Å². The van der Waals surface area contributed by atoms with Crippen LogP contribution in [0.5, 0.6) is 0 Å². The molecule has 5 heteroatoms. The second kappa shape index (κ2) is 4.84. The number of nitrogens with zero attached hydrogens (tertiary/aromatic N) is 2. The fourth-order valence-corrected chi connectivity index (χ4v) is 2.74. The molecule has 1 aromatic carbocycles. The van der Waals surface area contributed by atoms with Crippen LogP contribution in [0.2, 0.25) is 5.15 Å². The molecular formula is C14H11BrClFN2. The summed E-state index contributed by atoms with van der Waals surface area (Å²) in [6, 6.07) is 4.59. The molecule has 0 radical (unpaired) electrons. The smallest absolute Gasteiger partial charge is 0.161 e. The van der Waals surface area contributed by atoms with E-state index >= 15 is 0 Å². The summed E-state index contributed by atoms with van der Waals surface area (Å²) < 4.78 is 13.9. The van der Waals surface area contributed by atoms with E-state index in [1.807, 2.05) is 6.92 Å². The van der Waals surface area contributed by atoms with Crippen LogP contribution in [0.15, 0.2) is 22.7 Å². The molecule has 2 aromatic rings. The van der Waals surface area contributed by atoms with E-state index in [-0.39, 0.29) is 5.82 Å². The van der Waals surface area contributed by atoms with Gasteiger partial charge in [-0.05, 0) is 59.5 Å². The third-order valence-corrected chi connectivity index (χ3v) is 4.51. The van der Waals surface area contributed by atoms with Gasteiger partial charge in [0.2, 0.25) is 0 Å². The molecular weight excluding hydrogens is 331 g/mol. The van der Waals surface area contributed by atoms with Crippen molar-refractivity contribution in [3.63, 3.8) is 0 Å². The highest BCUT2D eigenvalue weighted by Gasteiger charge is 2.29. The molecule has 1 aliphatic rings. The first-order chi connectivity index (χ1) is 9.06. The molecule has 0 bridgehead atoms. The molecule has 0 amide bonds. The highest BCUT2D eigenvalue weighted by Crippen LogP contribution is 2.44. The molecule has 0 unspecified atom stereocenters. The lowest BCUT2D eigenvalue weighted by molar-refractivity contribution is 0.627. The van der Waals surface area contributed by atoms with Crippen LogP contribution in [-0.4, -0.2) is 9.97 Å². The third kappa shape index (κ3) is 2.51. The van der Waals surface area contributed by atoms with Gasteiger partial charge in [-0.2, -0.15) is 0 Å². The minimum absolute atomic E-state index is 0.258. The average molecular weight is 342 g/mol. The Morgan fingerprint density at radius 3 is 2.68 bits per heavy atom. The molecule has 0 N–H and O–H groups in total. The Hall–Kier alpha value is -1.00. The maximum absolute atomic E-state index is 13.1. The fraction of sp³-hybridized carbons (Fsp3) is 0.286. The summed E-state index contributed by atoms with van der Waals surface area (Å²) in [5.41, 5.74) is 2.58. The minimum Gasteiger partial charge on any atom is -0.231 e. The summed E-state index contributed by atoms with van der Waals surface area (Å²) in [6.45, 7) is 1.84. The molecule has 0 spiro atoms. The van der Waals surface area contributed by atoms with Crippen molar-refractivity contribution < 1.29 is 4.39 Å². The quantitative estimate of drug-likeness (QED) is 0.727. The molecule has 1 aromatic heterocycles. The first kappa shape index (κ1) is 13.0. The number of aromatic nitrogens is 2. The molecule has 0 aliphatic heterocycles. The number of aryl methyl sites for hydroxylation is 1. The van der Waals surface area contributed by atoms with Crippen molar-refractivity contribution in [1.29, 1.82) is 0 Å². The van der Waals surface area contributed by atoms with Crippen molar-refractivity contribution >= 4 is 27.5 Å². The van der Waals surface area contributed by atoms with Crippen LogP contribution >= 0.6 is 27.5 Å². The van der Waals surface area contributed by atoms with Gasteiger partial charge in [-0.3, -0.25) is 0 Å². The first-order valence-corrected chi connectivity index (χ1v) is 7.23. The Labute approximate surface area is 124 Å². The van der Waals surface area contributed by atoms with E-state index in [4.69, 9.17) is 11.6 Å².